The first-order chi connectivity index (χ1) is 8.74. The number of rotatable bonds is 5. The van der Waals surface area contributed by atoms with Crippen LogP contribution in [0.15, 0.2) is 10.7 Å². The topological polar surface area (TPSA) is 59.3 Å². The minimum absolute atomic E-state index is 0.257. The van der Waals surface area contributed by atoms with Crippen molar-refractivity contribution in [2.45, 2.75) is 25.5 Å². The summed E-state index contributed by atoms with van der Waals surface area (Å²) < 4.78 is 7.76. The molecule has 1 aliphatic rings. The Labute approximate surface area is 116 Å². The molecule has 0 aromatic carbocycles. The van der Waals surface area contributed by atoms with Gasteiger partial charge in [0.25, 0.3) is 0 Å². The Kier molecular flexibility index (Phi) is 5.17. The zero-order valence-electron chi connectivity index (χ0n) is 10.6. The van der Waals surface area contributed by atoms with Crippen LogP contribution in [0.3, 0.4) is 0 Å². The lowest BCUT2D eigenvalue weighted by Gasteiger charge is -2.28. The van der Waals surface area contributed by atoms with Crippen molar-refractivity contribution in [2.75, 3.05) is 26.8 Å². The Morgan fingerprint density at radius 3 is 3.22 bits per heavy atom. The molecule has 0 radical (unpaired) electrons. The first kappa shape index (κ1) is 14.0. The summed E-state index contributed by atoms with van der Waals surface area (Å²) in [6.07, 6.45) is 3.43. The molecule has 2 N–H and O–H groups in total. The van der Waals surface area contributed by atoms with Gasteiger partial charge in [0.1, 0.15) is 6.10 Å². The van der Waals surface area contributed by atoms with Crippen LogP contribution in [0.5, 0.6) is 0 Å². The number of aromatic nitrogens is 2. The van der Waals surface area contributed by atoms with Crippen molar-refractivity contribution in [1.82, 2.24) is 15.1 Å². The second-order valence-electron chi connectivity index (χ2n) is 4.64. The van der Waals surface area contributed by atoms with Crippen molar-refractivity contribution in [3.63, 3.8) is 0 Å². The van der Waals surface area contributed by atoms with E-state index in [0.29, 0.717) is 13.2 Å². The Morgan fingerprint density at radius 2 is 2.56 bits per heavy atom. The molecule has 5 nitrogen and oxygen atoms in total. The van der Waals surface area contributed by atoms with Gasteiger partial charge in [-0.25, -0.2) is 0 Å². The Morgan fingerprint density at radius 1 is 1.72 bits per heavy atom. The van der Waals surface area contributed by atoms with E-state index in [4.69, 9.17) is 4.74 Å². The molecule has 0 aliphatic carbocycles. The van der Waals surface area contributed by atoms with Gasteiger partial charge in [0.05, 0.1) is 29.5 Å². The molecule has 1 aliphatic heterocycles. The summed E-state index contributed by atoms with van der Waals surface area (Å²) in [5.41, 5.74) is 0.862. The highest BCUT2D eigenvalue weighted by Crippen LogP contribution is 2.31. The average molecular weight is 318 g/mol. The number of hydrogen-bond acceptors (Lipinski definition) is 4. The van der Waals surface area contributed by atoms with E-state index in [2.05, 4.69) is 26.3 Å². The van der Waals surface area contributed by atoms with Crippen LogP contribution in [0.4, 0.5) is 0 Å². The molecule has 0 saturated carbocycles. The third-order valence-corrected chi connectivity index (χ3v) is 4.01. The largest absolute Gasteiger partial charge is 0.386 e. The van der Waals surface area contributed by atoms with Gasteiger partial charge in [0, 0.05) is 19.6 Å². The van der Waals surface area contributed by atoms with Gasteiger partial charge in [0.2, 0.25) is 0 Å². The molecule has 6 heteroatoms. The highest BCUT2D eigenvalue weighted by atomic mass is 79.9. The Hall–Kier alpha value is -0.430. The van der Waals surface area contributed by atoms with Gasteiger partial charge in [-0.15, -0.1) is 0 Å². The molecule has 18 heavy (non-hydrogen) atoms. The number of ether oxygens (including phenoxy) is 1. The van der Waals surface area contributed by atoms with Crippen molar-refractivity contribution >= 4 is 15.9 Å². The third kappa shape index (κ3) is 3.12. The fraction of sp³-hybridized carbons (Fsp3) is 0.750. The first-order valence-corrected chi connectivity index (χ1v) is 7.12. The standard InChI is InChI=1S/C12H20BrN3O2/c1-18-6-5-16-11(10(13)8-15-16)12(17)9-3-2-4-14-7-9/h8-9,12,14,17H,2-7H2,1H3. The third-order valence-electron chi connectivity index (χ3n) is 3.40. The molecular formula is C12H20BrN3O2. The zero-order chi connectivity index (χ0) is 13.0. The molecule has 2 atom stereocenters. The van der Waals surface area contributed by atoms with E-state index >= 15 is 0 Å². The van der Waals surface area contributed by atoms with E-state index < -0.39 is 6.10 Å². The number of aliphatic hydroxyl groups is 1. The summed E-state index contributed by atoms with van der Waals surface area (Å²) in [5.74, 6) is 0.257. The molecule has 102 valence electrons. The summed E-state index contributed by atoms with van der Waals surface area (Å²) in [6, 6.07) is 0. The van der Waals surface area contributed by atoms with E-state index in [1.54, 1.807) is 13.3 Å². The van der Waals surface area contributed by atoms with Crippen molar-refractivity contribution in [2.24, 2.45) is 5.92 Å². The smallest absolute Gasteiger partial charge is 0.101 e. The van der Waals surface area contributed by atoms with Gasteiger partial charge in [0.15, 0.2) is 0 Å². The predicted molar refractivity (Wildman–Crippen MR) is 72.4 cm³/mol. The summed E-state index contributed by atoms with van der Waals surface area (Å²) >= 11 is 3.47. The van der Waals surface area contributed by atoms with Crippen LogP contribution in [0.25, 0.3) is 0 Å². The lowest BCUT2D eigenvalue weighted by molar-refractivity contribution is 0.0808. The summed E-state index contributed by atoms with van der Waals surface area (Å²) in [4.78, 5) is 0. The first-order valence-electron chi connectivity index (χ1n) is 6.33. The number of aliphatic hydroxyl groups excluding tert-OH is 1. The lowest BCUT2D eigenvalue weighted by atomic mass is 9.92. The highest BCUT2D eigenvalue weighted by Gasteiger charge is 2.27. The molecule has 2 rings (SSSR count). The quantitative estimate of drug-likeness (QED) is 0.860. The maximum atomic E-state index is 10.5. The summed E-state index contributed by atoms with van der Waals surface area (Å²) in [7, 11) is 1.67. The normalized spacial score (nSPS) is 22.1. The fourth-order valence-electron chi connectivity index (χ4n) is 2.39. The molecule has 1 saturated heterocycles. The van der Waals surface area contributed by atoms with E-state index in [-0.39, 0.29) is 5.92 Å². The minimum Gasteiger partial charge on any atom is -0.386 e. The maximum Gasteiger partial charge on any atom is 0.101 e. The fourth-order valence-corrected chi connectivity index (χ4v) is 2.92. The van der Waals surface area contributed by atoms with Gasteiger partial charge < -0.3 is 15.2 Å². The average Bonchev–Trinajstić information content (AvgIpc) is 2.77. The van der Waals surface area contributed by atoms with Crippen LogP contribution >= 0.6 is 15.9 Å². The van der Waals surface area contributed by atoms with E-state index in [1.165, 1.54) is 0 Å². The lowest BCUT2D eigenvalue weighted by Crippen LogP contribution is -2.34. The Bertz CT molecular complexity index is 377. The van der Waals surface area contributed by atoms with Gasteiger partial charge in [-0.2, -0.15) is 5.10 Å². The zero-order valence-corrected chi connectivity index (χ0v) is 12.2. The summed E-state index contributed by atoms with van der Waals surface area (Å²) in [5, 5.41) is 18.1. The van der Waals surface area contributed by atoms with Crippen molar-refractivity contribution < 1.29 is 9.84 Å². The predicted octanol–water partition coefficient (Wildman–Crippen LogP) is 1.32. The second-order valence-corrected chi connectivity index (χ2v) is 5.50. The van der Waals surface area contributed by atoms with Crippen LogP contribution in [-0.2, 0) is 11.3 Å². The van der Waals surface area contributed by atoms with E-state index in [1.807, 2.05) is 4.68 Å². The molecule has 1 aromatic rings. The Balaban J connectivity index is 2.12. The van der Waals surface area contributed by atoms with Crippen LogP contribution in [0.2, 0.25) is 0 Å². The minimum atomic E-state index is -0.480. The monoisotopic (exact) mass is 317 g/mol. The van der Waals surface area contributed by atoms with Gasteiger partial charge in [-0.1, -0.05) is 0 Å². The molecule has 2 heterocycles. The summed E-state index contributed by atoms with van der Waals surface area (Å²) in [6.45, 7) is 3.17. The van der Waals surface area contributed by atoms with Gasteiger partial charge >= 0.3 is 0 Å². The molecule has 0 spiro atoms. The molecular weight excluding hydrogens is 298 g/mol. The van der Waals surface area contributed by atoms with E-state index in [0.717, 1.165) is 36.1 Å². The number of halogens is 1. The molecule has 1 fully saturated rings. The van der Waals surface area contributed by atoms with Crippen LogP contribution in [0, 0.1) is 5.92 Å². The highest BCUT2D eigenvalue weighted by molar-refractivity contribution is 9.10. The number of methoxy groups -OCH3 is 1. The SMILES string of the molecule is COCCn1ncc(Br)c1C(O)C1CCCNC1. The second kappa shape index (κ2) is 6.65. The van der Waals surface area contributed by atoms with Crippen LogP contribution in [-0.4, -0.2) is 41.7 Å². The van der Waals surface area contributed by atoms with Crippen molar-refractivity contribution in [3.05, 3.63) is 16.4 Å². The van der Waals surface area contributed by atoms with Crippen molar-refractivity contribution in [1.29, 1.82) is 0 Å². The van der Waals surface area contributed by atoms with Gasteiger partial charge in [-0.05, 0) is 35.3 Å². The van der Waals surface area contributed by atoms with Gasteiger partial charge in [-0.3, -0.25) is 4.68 Å². The van der Waals surface area contributed by atoms with E-state index in [9.17, 15) is 5.11 Å². The molecule has 0 amide bonds. The number of piperidine rings is 1. The van der Waals surface area contributed by atoms with Crippen LogP contribution < -0.4 is 5.32 Å². The molecule has 0 bridgehead atoms. The number of hydrogen-bond donors (Lipinski definition) is 2. The van der Waals surface area contributed by atoms with Crippen LogP contribution in [0.1, 0.15) is 24.6 Å². The molecule has 2 unspecified atom stereocenters. The maximum absolute atomic E-state index is 10.5. The molecule has 1 aromatic heterocycles. The number of nitrogens with one attached hydrogen (secondary N) is 1. The van der Waals surface area contributed by atoms with Crippen molar-refractivity contribution in [3.8, 4) is 0 Å². The number of nitrogens with zero attached hydrogens (tertiary/aromatic N) is 2.